The van der Waals surface area contributed by atoms with Gasteiger partial charge in [0.25, 0.3) is 0 Å². The second-order valence-corrected chi connectivity index (χ2v) is 7.38. The summed E-state index contributed by atoms with van der Waals surface area (Å²) in [4.78, 5) is 4.81. The molecule has 3 aromatic carbocycles. The average molecular weight is 429 g/mol. The van der Waals surface area contributed by atoms with Crippen LogP contribution in [0.3, 0.4) is 0 Å². The molecule has 5 nitrogen and oxygen atoms in total. The van der Waals surface area contributed by atoms with Crippen LogP contribution < -0.4 is 14.2 Å². The van der Waals surface area contributed by atoms with E-state index in [1.54, 1.807) is 7.11 Å². The van der Waals surface area contributed by atoms with Crippen molar-refractivity contribution in [2.24, 2.45) is 0 Å². The molecule has 0 unspecified atom stereocenters. The number of rotatable bonds is 10. The highest BCUT2D eigenvalue weighted by molar-refractivity contribution is 5.75. The van der Waals surface area contributed by atoms with E-state index in [1.807, 2.05) is 85.8 Å². The molecule has 1 heterocycles. The molecule has 5 heteroatoms. The molecular weight excluding hydrogens is 400 g/mol. The fourth-order valence-corrected chi connectivity index (χ4v) is 3.66. The Morgan fingerprint density at radius 3 is 2.53 bits per heavy atom. The van der Waals surface area contributed by atoms with Gasteiger partial charge in [0.05, 0.1) is 24.8 Å². The first-order chi connectivity index (χ1) is 15.8. The van der Waals surface area contributed by atoms with Crippen molar-refractivity contribution in [1.82, 2.24) is 9.55 Å². The minimum atomic E-state index is 0.355. The van der Waals surface area contributed by atoms with Gasteiger partial charge in [-0.15, -0.1) is 0 Å². The Hall–Kier alpha value is -3.73. The summed E-state index contributed by atoms with van der Waals surface area (Å²) >= 11 is 0. The van der Waals surface area contributed by atoms with Crippen LogP contribution in [0.5, 0.6) is 17.2 Å². The van der Waals surface area contributed by atoms with Crippen molar-refractivity contribution in [3.63, 3.8) is 0 Å². The van der Waals surface area contributed by atoms with Crippen LogP contribution >= 0.6 is 0 Å². The molecular formula is C27H28N2O3. The molecule has 0 radical (unpaired) electrons. The molecule has 4 aromatic rings. The van der Waals surface area contributed by atoms with E-state index < -0.39 is 0 Å². The number of allylic oxidation sites excluding steroid dienone is 1. The van der Waals surface area contributed by atoms with Crippen molar-refractivity contribution in [3.05, 3.63) is 90.3 Å². The normalized spacial score (nSPS) is 11.2. The Labute approximate surface area is 188 Å². The van der Waals surface area contributed by atoms with Crippen LogP contribution in [0.4, 0.5) is 0 Å². The number of para-hydroxylation sites is 3. The molecule has 0 fully saturated rings. The van der Waals surface area contributed by atoms with Crippen LogP contribution in [0.2, 0.25) is 0 Å². The molecule has 164 valence electrons. The van der Waals surface area contributed by atoms with E-state index in [4.69, 9.17) is 19.2 Å². The summed E-state index contributed by atoms with van der Waals surface area (Å²) in [5.74, 6) is 3.18. The monoisotopic (exact) mass is 428 g/mol. The molecule has 0 aliphatic rings. The topological polar surface area (TPSA) is 45.5 Å². The Morgan fingerprint density at radius 2 is 1.72 bits per heavy atom. The predicted molar refractivity (Wildman–Crippen MR) is 128 cm³/mol. The van der Waals surface area contributed by atoms with Gasteiger partial charge in [0.1, 0.15) is 18.2 Å². The van der Waals surface area contributed by atoms with Gasteiger partial charge >= 0.3 is 0 Å². The van der Waals surface area contributed by atoms with Crippen molar-refractivity contribution in [3.8, 4) is 17.2 Å². The van der Waals surface area contributed by atoms with Crippen LogP contribution in [-0.4, -0.2) is 23.3 Å². The van der Waals surface area contributed by atoms with Gasteiger partial charge in [0.15, 0.2) is 11.5 Å². The smallest absolute Gasteiger partial charge is 0.161 e. The van der Waals surface area contributed by atoms with Gasteiger partial charge < -0.3 is 18.8 Å². The fraction of sp³-hybridized carbons (Fsp3) is 0.222. The molecule has 0 saturated carbocycles. The van der Waals surface area contributed by atoms with Crippen molar-refractivity contribution >= 4 is 17.1 Å². The highest BCUT2D eigenvalue weighted by Crippen LogP contribution is 2.29. The Bertz CT molecular complexity index is 1180. The zero-order valence-electron chi connectivity index (χ0n) is 18.5. The van der Waals surface area contributed by atoms with Crippen molar-refractivity contribution in [2.45, 2.75) is 26.5 Å². The average Bonchev–Trinajstić information content (AvgIpc) is 3.19. The molecule has 0 aliphatic carbocycles. The van der Waals surface area contributed by atoms with Crippen LogP contribution in [0.1, 0.15) is 24.7 Å². The van der Waals surface area contributed by atoms with Crippen LogP contribution in [-0.2, 0) is 13.2 Å². The van der Waals surface area contributed by atoms with Crippen molar-refractivity contribution in [1.29, 1.82) is 0 Å². The van der Waals surface area contributed by atoms with Crippen LogP contribution in [0.15, 0.2) is 78.9 Å². The molecule has 0 saturated heterocycles. The molecule has 0 aliphatic heterocycles. The number of nitrogens with zero attached hydrogens (tertiary/aromatic N) is 2. The maximum Gasteiger partial charge on any atom is 0.161 e. The molecule has 4 rings (SSSR count). The van der Waals surface area contributed by atoms with E-state index >= 15 is 0 Å². The van der Waals surface area contributed by atoms with Crippen molar-refractivity contribution in [2.75, 3.05) is 13.7 Å². The number of aryl methyl sites for hydroxylation is 1. The summed E-state index contributed by atoms with van der Waals surface area (Å²) in [5.41, 5.74) is 3.13. The van der Waals surface area contributed by atoms with Gasteiger partial charge in [-0.1, -0.05) is 48.6 Å². The largest absolute Gasteiger partial charge is 0.494 e. The third-order valence-corrected chi connectivity index (χ3v) is 5.18. The number of methoxy groups -OCH3 is 1. The number of ether oxygens (including phenoxy) is 3. The van der Waals surface area contributed by atoms with Gasteiger partial charge in [0, 0.05) is 6.54 Å². The SMILES string of the molecule is C/C=C\c1ccc(OCc2nc3ccccc3n2CCCOc2ccccc2)c(OC)c1. The van der Waals surface area contributed by atoms with Crippen molar-refractivity contribution < 1.29 is 14.2 Å². The maximum absolute atomic E-state index is 6.13. The number of benzene rings is 3. The molecule has 0 atom stereocenters. The number of hydrogen-bond donors (Lipinski definition) is 0. The highest BCUT2D eigenvalue weighted by atomic mass is 16.5. The summed E-state index contributed by atoms with van der Waals surface area (Å²) in [5, 5.41) is 0. The summed E-state index contributed by atoms with van der Waals surface area (Å²) < 4.78 is 19.7. The third-order valence-electron chi connectivity index (χ3n) is 5.18. The fourth-order valence-electron chi connectivity index (χ4n) is 3.66. The standard InChI is InChI=1S/C27H28N2O3/c1-3-10-21-15-16-25(26(19-21)30-2)32-20-27-28-23-13-7-8-14-24(23)29(27)17-9-18-31-22-11-5-4-6-12-22/h3-8,10-16,19H,9,17-18,20H2,1-2H3/b10-3-. The lowest BCUT2D eigenvalue weighted by molar-refractivity contribution is 0.267. The minimum Gasteiger partial charge on any atom is -0.494 e. The van der Waals surface area contributed by atoms with Gasteiger partial charge in [-0.05, 0) is 55.3 Å². The molecule has 0 bridgehead atoms. The number of hydrogen-bond acceptors (Lipinski definition) is 4. The number of imidazole rings is 1. The van der Waals surface area contributed by atoms with Gasteiger partial charge in [-0.2, -0.15) is 0 Å². The first-order valence-corrected chi connectivity index (χ1v) is 10.8. The Morgan fingerprint density at radius 1 is 0.906 bits per heavy atom. The quantitative estimate of drug-likeness (QED) is 0.285. The molecule has 0 N–H and O–H groups in total. The summed E-state index contributed by atoms with van der Waals surface area (Å²) in [6.45, 7) is 3.78. The van der Waals surface area contributed by atoms with E-state index in [0.29, 0.717) is 24.7 Å². The van der Waals surface area contributed by atoms with Gasteiger partial charge in [-0.25, -0.2) is 4.98 Å². The van der Waals surface area contributed by atoms with E-state index in [1.165, 1.54) is 0 Å². The lowest BCUT2D eigenvalue weighted by Crippen LogP contribution is -2.10. The molecule has 0 spiro atoms. The summed E-state index contributed by atoms with van der Waals surface area (Å²) in [6.07, 6.45) is 4.89. The lowest BCUT2D eigenvalue weighted by atomic mass is 10.2. The van der Waals surface area contributed by atoms with E-state index in [9.17, 15) is 0 Å². The molecule has 1 aromatic heterocycles. The third kappa shape index (κ3) is 5.11. The first-order valence-electron chi connectivity index (χ1n) is 10.8. The first kappa shape index (κ1) is 21.5. The Kier molecular flexibility index (Phi) is 7.08. The molecule has 32 heavy (non-hydrogen) atoms. The molecule has 0 amide bonds. The lowest BCUT2D eigenvalue weighted by Gasteiger charge is -2.13. The second kappa shape index (κ2) is 10.5. The van der Waals surface area contributed by atoms with Gasteiger partial charge in [-0.3, -0.25) is 0 Å². The minimum absolute atomic E-state index is 0.355. The second-order valence-electron chi connectivity index (χ2n) is 7.38. The van der Waals surface area contributed by atoms with E-state index in [2.05, 4.69) is 10.6 Å². The zero-order valence-corrected chi connectivity index (χ0v) is 18.5. The van der Waals surface area contributed by atoms with Gasteiger partial charge in [0.2, 0.25) is 0 Å². The summed E-state index contributed by atoms with van der Waals surface area (Å²) in [7, 11) is 1.66. The van der Waals surface area contributed by atoms with E-state index in [-0.39, 0.29) is 0 Å². The summed E-state index contributed by atoms with van der Waals surface area (Å²) in [6, 6.07) is 24.0. The zero-order chi connectivity index (χ0) is 22.2. The predicted octanol–water partition coefficient (Wildman–Crippen LogP) is 6.13. The van der Waals surface area contributed by atoms with Crippen LogP contribution in [0, 0.1) is 0 Å². The Balaban J connectivity index is 1.47. The number of fused-ring (bicyclic) bond motifs is 1. The van der Waals surface area contributed by atoms with Crippen LogP contribution in [0.25, 0.3) is 17.1 Å². The highest BCUT2D eigenvalue weighted by Gasteiger charge is 2.13. The number of aromatic nitrogens is 2. The van der Waals surface area contributed by atoms with E-state index in [0.717, 1.165) is 41.1 Å². The maximum atomic E-state index is 6.13.